The standard InChI is InChI=1S/C21H40N8O7/c1-11(2)16(23)19(34)29-14(10-15(30)31)18(33)27-12(7-5-9-26-21(24)25)17(32)28-13(20(35)36)6-3-4-8-22/h11-14,16H,3-10,22-23H2,1-2H3,(H,27,33)(H,28,32)(H,29,34)(H,30,31)(H,35,36)(H4,24,25,26). The monoisotopic (exact) mass is 516 g/mol. The van der Waals surface area contributed by atoms with E-state index in [1.165, 1.54) is 0 Å². The van der Waals surface area contributed by atoms with Gasteiger partial charge in [0.15, 0.2) is 5.96 Å². The lowest BCUT2D eigenvalue weighted by atomic mass is 10.0. The Kier molecular flexibility index (Phi) is 15.4. The van der Waals surface area contributed by atoms with Crippen molar-refractivity contribution in [1.29, 1.82) is 0 Å². The molecule has 0 spiro atoms. The van der Waals surface area contributed by atoms with Crippen molar-refractivity contribution in [2.75, 3.05) is 13.1 Å². The fourth-order valence-corrected chi connectivity index (χ4v) is 3.02. The Labute approximate surface area is 209 Å². The van der Waals surface area contributed by atoms with Crippen molar-refractivity contribution in [3.05, 3.63) is 0 Å². The van der Waals surface area contributed by atoms with Crippen molar-refractivity contribution in [3.63, 3.8) is 0 Å². The molecule has 15 nitrogen and oxygen atoms in total. The largest absolute Gasteiger partial charge is 0.481 e. The van der Waals surface area contributed by atoms with E-state index >= 15 is 0 Å². The highest BCUT2D eigenvalue weighted by molar-refractivity contribution is 5.95. The second-order valence-electron chi connectivity index (χ2n) is 8.62. The molecule has 0 saturated carbocycles. The first-order valence-electron chi connectivity index (χ1n) is 11.7. The van der Waals surface area contributed by atoms with Crippen LogP contribution in [0.2, 0.25) is 0 Å². The molecule has 4 atom stereocenters. The summed E-state index contributed by atoms with van der Waals surface area (Å²) in [6.45, 7) is 3.85. The molecule has 0 aliphatic rings. The summed E-state index contributed by atoms with van der Waals surface area (Å²) in [6.07, 6.45) is 0.614. The summed E-state index contributed by atoms with van der Waals surface area (Å²) >= 11 is 0. The minimum Gasteiger partial charge on any atom is -0.481 e. The lowest BCUT2D eigenvalue weighted by Crippen LogP contribution is -2.58. The van der Waals surface area contributed by atoms with Gasteiger partial charge in [-0.05, 0) is 44.6 Å². The molecule has 0 rings (SSSR count). The van der Waals surface area contributed by atoms with Gasteiger partial charge in [-0.1, -0.05) is 13.8 Å². The van der Waals surface area contributed by atoms with Crippen LogP contribution in [0.4, 0.5) is 0 Å². The van der Waals surface area contributed by atoms with Crippen LogP contribution in [0.15, 0.2) is 4.99 Å². The van der Waals surface area contributed by atoms with Crippen LogP contribution in [0.25, 0.3) is 0 Å². The van der Waals surface area contributed by atoms with Gasteiger partial charge in [-0.2, -0.15) is 0 Å². The Balaban J connectivity index is 5.63. The van der Waals surface area contributed by atoms with Gasteiger partial charge in [0.25, 0.3) is 0 Å². The van der Waals surface area contributed by atoms with Crippen LogP contribution >= 0.6 is 0 Å². The van der Waals surface area contributed by atoms with Crippen LogP contribution in [0.5, 0.6) is 0 Å². The fourth-order valence-electron chi connectivity index (χ4n) is 3.02. The van der Waals surface area contributed by atoms with E-state index in [4.69, 9.17) is 22.9 Å². The quantitative estimate of drug-likeness (QED) is 0.0508. The van der Waals surface area contributed by atoms with E-state index in [-0.39, 0.29) is 37.7 Å². The Morgan fingerprint density at radius 1 is 0.806 bits per heavy atom. The normalized spacial score (nSPS) is 14.1. The van der Waals surface area contributed by atoms with Crippen molar-refractivity contribution in [2.45, 2.75) is 76.5 Å². The molecule has 4 unspecified atom stereocenters. The topological polar surface area (TPSA) is 278 Å². The van der Waals surface area contributed by atoms with Crippen molar-refractivity contribution >= 4 is 35.6 Å². The molecule has 0 aromatic rings. The number of hydrogen-bond acceptors (Lipinski definition) is 8. The van der Waals surface area contributed by atoms with Gasteiger partial charge in [0.1, 0.15) is 18.1 Å². The fraction of sp³-hybridized carbons (Fsp3) is 0.714. The Morgan fingerprint density at radius 3 is 1.83 bits per heavy atom. The van der Waals surface area contributed by atoms with Crippen LogP contribution in [0.1, 0.15) is 52.4 Å². The van der Waals surface area contributed by atoms with Crippen LogP contribution in [-0.4, -0.2) is 83.1 Å². The number of aliphatic imine (C=N–C) groups is 1. The van der Waals surface area contributed by atoms with Crippen LogP contribution < -0.4 is 38.9 Å². The molecule has 13 N–H and O–H groups in total. The molecule has 0 radical (unpaired) electrons. The number of unbranched alkanes of at least 4 members (excludes halogenated alkanes) is 1. The molecule has 0 fully saturated rings. The maximum atomic E-state index is 12.9. The lowest BCUT2D eigenvalue weighted by Gasteiger charge is -2.25. The molecular weight excluding hydrogens is 476 g/mol. The highest BCUT2D eigenvalue weighted by Gasteiger charge is 2.31. The molecular formula is C21H40N8O7. The predicted molar refractivity (Wildman–Crippen MR) is 131 cm³/mol. The molecule has 3 amide bonds. The maximum Gasteiger partial charge on any atom is 0.326 e. The number of rotatable bonds is 18. The predicted octanol–water partition coefficient (Wildman–Crippen LogP) is -2.83. The SMILES string of the molecule is CC(C)C(N)C(=O)NC(CC(=O)O)C(=O)NC(CCCN=C(N)N)C(=O)NC(CCCCN)C(=O)O. The zero-order chi connectivity index (χ0) is 27.8. The second-order valence-corrected chi connectivity index (χ2v) is 8.62. The third kappa shape index (κ3) is 13.4. The zero-order valence-corrected chi connectivity index (χ0v) is 20.7. The van der Waals surface area contributed by atoms with Crippen LogP contribution in [0.3, 0.4) is 0 Å². The van der Waals surface area contributed by atoms with Crippen LogP contribution in [-0.2, 0) is 24.0 Å². The van der Waals surface area contributed by atoms with Gasteiger partial charge < -0.3 is 49.1 Å². The van der Waals surface area contributed by atoms with Gasteiger partial charge in [0.2, 0.25) is 17.7 Å². The zero-order valence-electron chi connectivity index (χ0n) is 20.7. The molecule has 0 bridgehead atoms. The first-order valence-corrected chi connectivity index (χ1v) is 11.7. The van der Waals surface area contributed by atoms with E-state index in [2.05, 4.69) is 20.9 Å². The van der Waals surface area contributed by atoms with E-state index < -0.39 is 60.2 Å². The Morgan fingerprint density at radius 2 is 1.33 bits per heavy atom. The molecule has 15 heteroatoms. The summed E-state index contributed by atoms with van der Waals surface area (Å²) in [5.74, 6) is -5.55. The summed E-state index contributed by atoms with van der Waals surface area (Å²) in [7, 11) is 0. The summed E-state index contributed by atoms with van der Waals surface area (Å²) in [4.78, 5) is 64.8. The molecule has 0 saturated heterocycles. The van der Waals surface area contributed by atoms with E-state index in [1.807, 2.05) is 0 Å². The minimum atomic E-state index is -1.52. The average Bonchev–Trinajstić information content (AvgIpc) is 2.78. The molecule has 0 aliphatic heterocycles. The average molecular weight is 517 g/mol. The number of carboxylic acids is 2. The smallest absolute Gasteiger partial charge is 0.326 e. The number of hydrogen-bond donors (Lipinski definition) is 9. The van der Waals surface area contributed by atoms with E-state index in [0.717, 1.165) is 0 Å². The van der Waals surface area contributed by atoms with Crippen molar-refractivity contribution in [3.8, 4) is 0 Å². The number of carboxylic acid groups (broad SMARTS) is 2. The molecule has 0 aliphatic carbocycles. The summed E-state index contributed by atoms with van der Waals surface area (Å²) < 4.78 is 0. The molecule has 0 heterocycles. The number of carbonyl (C=O) groups is 5. The van der Waals surface area contributed by atoms with Gasteiger partial charge in [0.05, 0.1) is 12.5 Å². The van der Waals surface area contributed by atoms with E-state index in [0.29, 0.717) is 19.4 Å². The minimum absolute atomic E-state index is 0.00272. The maximum absolute atomic E-state index is 12.9. The van der Waals surface area contributed by atoms with Gasteiger partial charge in [-0.3, -0.25) is 24.2 Å². The van der Waals surface area contributed by atoms with E-state index in [9.17, 15) is 34.2 Å². The Bertz CT molecular complexity index is 786. The number of carbonyl (C=O) groups excluding carboxylic acids is 3. The van der Waals surface area contributed by atoms with Crippen molar-refractivity contribution in [2.24, 2.45) is 33.8 Å². The first kappa shape index (κ1) is 32.5. The number of nitrogens with one attached hydrogen (secondary N) is 3. The first-order chi connectivity index (χ1) is 16.8. The summed E-state index contributed by atoms with van der Waals surface area (Å²) in [6, 6.07) is -4.99. The molecule has 206 valence electrons. The third-order valence-corrected chi connectivity index (χ3v) is 5.17. The highest BCUT2D eigenvalue weighted by atomic mass is 16.4. The van der Waals surface area contributed by atoms with Crippen molar-refractivity contribution < 1.29 is 34.2 Å². The third-order valence-electron chi connectivity index (χ3n) is 5.17. The van der Waals surface area contributed by atoms with Crippen molar-refractivity contribution in [1.82, 2.24) is 16.0 Å². The number of guanidine groups is 1. The summed E-state index contributed by atoms with van der Waals surface area (Å²) in [5, 5.41) is 25.7. The number of nitrogens with two attached hydrogens (primary N) is 4. The van der Waals surface area contributed by atoms with Crippen LogP contribution in [0, 0.1) is 5.92 Å². The van der Waals surface area contributed by atoms with E-state index in [1.54, 1.807) is 13.8 Å². The lowest BCUT2D eigenvalue weighted by molar-refractivity contribution is -0.143. The molecule has 0 aromatic carbocycles. The Hall–Kier alpha value is -3.46. The second kappa shape index (κ2) is 17.0. The number of amides is 3. The summed E-state index contributed by atoms with van der Waals surface area (Å²) in [5.41, 5.74) is 21.8. The number of nitrogens with zero attached hydrogens (tertiary/aromatic N) is 1. The highest BCUT2D eigenvalue weighted by Crippen LogP contribution is 2.06. The van der Waals surface area contributed by atoms with Gasteiger partial charge in [-0.15, -0.1) is 0 Å². The number of aliphatic carboxylic acids is 2. The van der Waals surface area contributed by atoms with Gasteiger partial charge >= 0.3 is 11.9 Å². The van der Waals surface area contributed by atoms with Gasteiger partial charge in [0, 0.05) is 6.54 Å². The van der Waals surface area contributed by atoms with Gasteiger partial charge in [-0.25, -0.2) is 4.79 Å². The molecule has 36 heavy (non-hydrogen) atoms. The molecule has 0 aromatic heterocycles.